The average molecular weight is 165 g/mol. The zero-order valence-electron chi connectivity index (χ0n) is 4.30. The molecule has 0 amide bonds. The molecule has 0 N–H and O–H groups in total. The predicted molar refractivity (Wildman–Crippen MR) is 29.7 cm³/mol. The molecule has 1 atom stereocenters. The van der Waals surface area contributed by atoms with Crippen LogP contribution >= 0.6 is 0 Å². The van der Waals surface area contributed by atoms with Crippen LogP contribution in [0.3, 0.4) is 0 Å². The number of hydrogen-bond acceptors (Lipinski definition) is 2. The molecule has 5 heteroatoms. The first kappa shape index (κ1) is 16.0. The Labute approximate surface area is 73.6 Å². The first-order valence-electron chi connectivity index (χ1n) is 1.44. The van der Waals surface area contributed by atoms with Crippen molar-refractivity contribution in [2.24, 2.45) is 0 Å². The molecule has 0 aliphatic carbocycles. The molecule has 0 saturated heterocycles. The summed E-state index contributed by atoms with van der Waals surface area (Å²) in [5.74, 6) is 0.0556. The Hall–Kier alpha value is 0.906. The van der Waals surface area contributed by atoms with Crippen LogP contribution in [0.4, 0.5) is 0 Å². The van der Waals surface area contributed by atoms with Crippen molar-refractivity contribution in [1.82, 2.24) is 0 Å². The van der Waals surface area contributed by atoms with Crippen LogP contribution in [0.2, 0.25) is 0 Å². The van der Waals surface area contributed by atoms with E-state index in [9.17, 15) is 8.76 Å². The third-order valence-corrected chi connectivity index (χ3v) is 0.762. The summed E-state index contributed by atoms with van der Waals surface area (Å²) in [7, 11) is 0. The summed E-state index contributed by atoms with van der Waals surface area (Å²) in [4.78, 5) is 0. The van der Waals surface area contributed by atoms with E-state index in [2.05, 4.69) is 6.58 Å². The van der Waals surface area contributed by atoms with Gasteiger partial charge in [-0.25, -0.2) is 0 Å². The van der Waals surface area contributed by atoms with Gasteiger partial charge in [-0.1, -0.05) is 17.2 Å². The minimum atomic E-state index is -1.93. The standard InChI is InChI=1S/C3H6O2S.ClH.Mg/c1-2-3-6(4)5;;/h2H,1,3H2,(H,4,5);1H;/q;;+2/p-2. The van der Waals surface area contributed by atoms with Gasteiger partial charge in [-0.05, 0) is 0 Å². The first-order valence-corrected chi connectivity index (χ1v) is 2.68. The van der Waals surface area contributed by atoms with E-state index in [1.807, 2.05) is 0 Å². The van der Waals surface area contributed by atoms with Crippen LogP contribution in [0.1, 0.15) is 0 Å². The Morgan fingerprint density at radius 2 is 2.12 bits per heavy atom. The monoisotopic (exact) mass is 164 g/mol. The second-order valence-corrected chi connectivity index (χ2v) is 1.70. The van der Waals surface area contributed by atoms with Crippen molar-refractivity contribution in [2.45, 2.75) is 0 Å². The molecule has 0 aliphatic rings. The second-order valence-electron chi connectivity index (χ2n) is 0.759. The van der Waals surface area contributed by atoms with Crippen molar-refractivity contribution in [3.05, 3.63) is 12.7 Å². The summed E-state index contributed by atoms with van der Waals surface area (Å²) < 4.78 is 19.1. The topological polar surface area (TPSA) is 40.1 Å². The summed E-state index contributed by atoms with van der Waals surface area (Å²) in [5, 5.41) is 0. The minimum Gasteiger partial charge on any atom is -1.00 e. The van der Waals surface area contributed by atoms with Gasteiger partial charge in [0.25, 0.3) is 0 Å². The molecule has 0 radical (unpaired) electrons. The molecule has 0 fully saturated rings. The van der Waals surface area contributed by atoms with Crippen molar-refractivity contribution in [3.8, 4) is 0 Å². The molecule has 0 bridgehead atoms. The van der Waals surface area contributed by atoms with Gasteiger partial charge < -0.3 is 17.0 Å². The number of hydrogen-bond donors (Lipinski definition) is 0. The third-order valence-electron chi connectivity index (χ3n) is 0.254. The van der Waals surface area contributed by atoms with E-state index in [1.54, 1.807) is 0 Å². The Balaban J connectivity index is -0.000000125. The normalized spacial score (nSPS) is 10.1. The van der Waals surface area contributed by atoms with Gasteiger partial charge in [-0.15, -0.1) is 6.58 Å². The summed E-state index contributed by atoms with van der Waals surface area (Å²) >= 11 is -1.93. The molecule has 0 rings (SSSR count). The number of rotatable bonds is 2. The van der Waals surface area contributed by atoms with Gasteiger partial charge in [0.2, 0.25) is 0 Å². The molecular weight excluding hydrogens is 160 g/mol. The molecule has 0 aromatic rings. The van der Waals surface area contributed by atoms with Crippen molar-refractivity contribution >= 4 is 34.1 Å². The van der Waals surface area contributed by atoms with E-state index in [4.69, 9.17) is 0 Å². The zero-order valence-corrected chi connectivity index (χ0v) is 7.29. The van der Waals surface area contributed by atoms with E-state index in [0.717, 1.165) is 0 Å². The molecule has 44 valence electrons. The van der Waals surface area contributed by atoms with Gasteiger partial charge >= 0.3 is 23.1 Å². The van der Waals surface area contributed by atoms with Crippen LogP contribution in [0.25, 0.3) is 0 Å². The Kier molecular flexibility index (Phi) is 21.6. The fourth-order valence-corrected chi connectivity index (χ4v) is 0.289. The maximum atomic E-state index is 9.53. The average Bonchev–Trinajstić information content (AvgIpc) is 1.35. The molecule has 0 saturated carbocycles. The largest absolute Gasteiger partial charge is 2.00 e. The van der Waals surface area contributed by atoms with Gasteiger partial charge in [0.15, 0.2) is 0 Å². The van der Waals surface area contributed by atoms with Crippen molar-refractivity contribution < 1.29 is 21.2 Å². The van der Waals surface area contributed by atoms with Gasteiger partial charge in [0, 0.05) is 5.75 Å². The SMILES string of the molecule is C=CCS(=O)[O-].[Cl-].[Mg+2]. The van der Waals surface area contributed by atoms with Crippen LogP contribution in [0, 0.1) is 0 Å². The summed E-state index contributed by atoms with van der Waals surface area (Å²) in [5.41, 5.74) is 0. The minimum absolute atomic E-state index is 0. The summed E-state index contributed by atoms with van der Waals surface area (Å²) in [6.45, 7) is 3.21. The predicted octanol–water partition coefficient (Wildman–Crippen LogP) is -3.33. The molecule has 2 nitrogen and oxygen atoms in total. The Morgan fingerprint density at radius 1 is 1.75 bits per heavy atom. The molecule has 0 heterocycles. The molecule has 0 aliphatic heterocycles. The van der Waals surface area contributed by atoms with E-state index in [1.165, 1.54) is 6.08 Å². The molecule has 1 unspecified atom stereocenters. The van der Waals surface area contributed by atoms with Crippen LogP contribution in [0.5, 0.6) is 0 Å². The molecule has 0 aromatic heterocycles. The molecular formula is C3H5ClMgO2S. The van der Waals surface area contributed by atoms with Gasteiger partial charge in [0.1, 0.15) is 0 Å². The third kappa shape index (κ3) is 15.8. The quantitative estimate of drug-likeness (QED) is 0.244. The van der Waals surface area contributed by atoms with Crippen LogP contribution in [-0.4, -0.2) is 37.6 Å². The zero-order chi connectivity index (χ0) is 4.99. The fraction of sp³-hybridized carbons (Fsp3) is 0.333. The van der Waals surface area contributed by atoms with Crippen LogP contribution < -0.4 is 12.4 Å². The van der Waals surface area contributed by atoms with E-state index >= 15 is 0 Å². The van der Waals surface area contributed by atoms with Gasteiger partial charge in [-0.3, -0.25) is 4.21 Å². The fourth-order valence-electron chi connectivity index (χ4n) is 0.0962. The number of halogens is 1. The maximum Gasteiger partial charge on any atom is 2.00 e. The molecule has 0 aromatic carbocycles. The second kappa shape index (κ2) is 10.8. The molecule has 0 spiro atoms. The van der Waals surface area contributed by atoms with E-state index < -0.39 is 11.1 Å². The van der Waals surface area contributed by atoms with Crippen molar-refractivity contribution in [1.29, 1.82) is 0 Å². The van der Waals surface area contributed by atoms with E-state index in [0.29, 0.717) is 0 Å². The van der Waals surface area contributed by atoms with Crippen molar-refractivity contribution in [2.75, 3.05) is 5.75 Å². The van der Waals surface area contributed by atoms with Crippen LogP contribution in [-0.2, 0) is 11.1 Å². The van der Waals surface area contributed by atoms with Crippen LogP contribution in [0.15, 0.2) is 12.7 Å². The Morgan fingerprint density at radius 3 is 2.12 bits per heavy atom. The van der Waals surface area contributed by atoms with Gasteiger partial charge in [-0.2, -0.15) is 0 Å². The maximum absolute atomic E-state index is 9.53. The Bertz CT molecular complexity index is 77.7. The van der Waals surface area contributed by atoms with Crippen molar-refractivity contribution in [3.63, 3.8) is 0 Å². The smallest absolute Gasteiger partial charge is 1.00 e. The molecule has 8 heavy (non-hydrogen) atoms. The van der Waals surface area contributed by atoms with E-state index in [-0.39, 0.29) is 41.2 Å². The first-order chi connectivity index (χ1) is 2.77. The van der Waals surface area contributed by atoms with Gasteiger partial charge in [0.05, 0.1) is 0 Å². The summed E-state index contributed by atoms with van der Waals surface area (Å²) in [6, 6.07) is 0. The summed E-state index contributed by atoms with van der Waals surface area (Å²) in [6.07, 6.45) is 1.34.